The van der Waals surface area contributed by atoms with Crippen molar-refractivity contribution in [3.63, 3.8) is 0 Å². The van der Waals surface area contributed by atoms with Crippen molar-refractivity contribution in [3.8, 4) is 0 Å². The molecule has 6 heteroatoms. The number of fused-ring (bicyclic) bond motifs is 2. The number of hydrogen-bond acceptors (Lipinski definition) is 5. The van der Waals surface area contributed by atoms with Gasteiger partial charge in [-0.3, -0.25) is 14.5 Å². The van der Waals surface area contributed by atoms with Crippen LogP contribution in [0.15, 0.2) is 30.3 Å². The lowest BCUT2D eigenvalue weighted by Gasteiger charge is -2.24. The summed E-state index contributed by atoms with van der Waals surface area (Å²) in [6.45, 7) is 3.14. The number of rotatable bonds is 3. The number of carbonyl (C=O) groups excluding carboxylic acids is 2. The average molecular weight is 312 g/mol. The number of ether oxygens (including phenoxy) is 2. The van der Waals surface area contributed by atoms with Crippen LogP contribution in [0.2, 0.25) is 0 Å². The van der Waals surface area contributed by atoms with Crippen molar-refractivity contribution in [1.29, 1.82) is 0 Å². The van der Waals surface area contributed by atoms with Crippen molar-refractivity contribution < 1.29 is 19.1 Å². The molecular weight excluding hydrogens is 296 g/mol. The summed E-state index contributed by atoms with van der Waals surface area (Å²) in [6, 6.07) is 9.19. The fourth-order valence-corrected chi connectivity index (χ4v) is 3.03. The van der Waals surface area contributed by atoms with E-state index >= 15 is 0 Å². The first-order chi connectivity index (χ1) is 11.1. The zero-order valence-corrected chi connectivity index (χ0v) is 12.7. The van der Waals surface area contributed by atoms with Gasteiger partial charge in [-0.25, -0.2) is 4.98 Å². The van der Waals surface area contributed by atoms with Gasteiger partial charge in [0.1, 0.15) is 5.69 Å². The second kappa shape index (κ2) is 5.11. The molecule has 0 saturated carbocycles. The minimum Gasteiger partial charge on any atom is -0.348 e. The Morgan fingerprint density at radius 1 is 1.17 bits per heavy atom. The van der Waals surface area contributed by atoms with Gasteiger partial charge in [0.15, 0.2) is 5.79 Å². The molecule has 1 aromatic heterocycles. The maximum Gasteiger partial charge on any atom is 0.280 e. The van der Waals surface area contributed by atoms with Gasteiger partial charge in [0.25, 0.3) is 11.8 Å². The highest BCUT2D eigenvalue weighted by molar-refractivity contribution is 6.21. The van der Waals surface area contributed by atoms with E-state index in [-0.39, 0.29) is 24.1 Å². The van der Waals surface area contributed by atoms with Gasteiger partial charge in [0.05, 0.1) is 24.3 Å². The van der Waals surface area contributed by atoms with Crippen molar-refractivity contribution in [1.82, 2.24) is 9.88 Å². The summed E-state index contributed by atoms with van der Waals surface area (Å²) in [5.74, 6) is -1.38. The number of aromatic nitrogens is 1. The Morgan fingerprint density at radius 2 is 1.91 bits per heavy atom. The molecule has 0 unspecified atom stereocenters. The highest BCUT2D eigenvalue weighted by Crippen LogP contribution is 2.28. The Balaban J connectivity index is 1.62. The van der Waals surface area contributed by atoms with Crippen LogP contribution >= 0.6 is 0 Å². The van der Waals surface area contributed by atoms with Crippen LogP contribution in [0.3, 0.4) is 0 Å². The van der Waals surface area contributed by atoms with Gasteiger partial charge >= 0.3 is 0 Å². The maximum absolute atomic E-state index is 12.5. The Kier molecular flexibility index (Phi) is 3.18. The first kappa shape index (κ1) is 14.3. The molecular formula is C17H16N2O4. The minimum atomic E-state index is -0.729. The Morgan fingerprint density at radius 3 is 2.70 bits per heavy atom. The van der Waals surface area contributed by atoms with Crippen LogP contribution in [0.5, 0.6) is 0 Å². The molecule has 0 radical (unpaired) electrons. The molecule has 0 atom stereocenters. The van der Waals surface area contributed by atoms with Crippen LogP contribution in [-0.4, -0.2) is 47.2 Å². The third kappa shape index (κ3) is 2.31. The monoisotopic (exact) mass is 312 g/mol. The van der Waals surface area contributed by atoms with Crippen molar-refractivity contribution in [2.24, 2.45) is 0 Å². The van der Waals surface area contributed by atoms with Crippen LogP contribution in [-0.2, 0) is 9.47 Å². The number of nitrogens with zero attached hydrogens (tertiary/aromatic N) is 2. The summed E-state index contributed by atoms with van der Waals surface area (Å²) in [5, 5.41) is 0.851. The third-order valence-electron chi connectivity index (χ3n) is 4.33. The van der Waals surface area contributed by atoms with Crippen LogP contribution < -0.4 is 0 Å². The maximum atomic E-state index is 12.5. The van der Waals surface area contributed by atoms with E-state index in [1.807, 2.05) is 31.2 Å². The molecule has 118 valence electrons. The van der Waals surface area contributed by atoms with Gasteiger partial charge in [0, 0.05) is 18.4 Å². The first-order valence-electron chi connectivity index (χ1n) is 7.61. The predicted octanol–water partition coefficient (Wildman–Crippen LogP) is 1.98. The fourth-order valence-electron chi connectivity index (χ4n) is 3.03. The van der Waals surface area contributed by atoms with E-state index < -0.39 is 5.79 Å². The van der Waals surface area contributed by atoms with Crippen LogP contribution in [0.1, 0.15) is 34.2 Å². The molecule has 0 N–H and O–H groups in total. The molecule has 1 fully saturated rings. The zero-order chi connectivity index (χ0) is 16.0. The van der Waals surface area contributed by atoms with E-state index in [9.17, 15) is 9.59 Å². The lowest BCUT2D eigenvalue weighted by Crippen LogP contribution is -2.37. The normalized spacial score (nSPS) is 19.6. The van der Waals surface area contributed by atoms with Crippen molar-refractivity contribution in [2.75, 3.05) is 19.8 Å². The van der Waals surface area contributed by atoms with E-state index in [0.29, 0.717) is 30.7 Å². The molecule has 1 aromatic carbocycles. The summed E-state index contributed by atoms with van der Waals surface area (Å²) in [6.07, 6.45) is 0.442. The number of amides is 2. The molecule has 0 spiro atoms. The van der Waals surface area contributed by atoms with Crippen LogP contribution in [0.25, 0.3) is 10.9 Å². The number of pyridine rings is 1. The zero-order valence-electron chi connectivity index (χ0n) is 12.7. The SMILES string of the molecule is CC1(CCN2C(=O)c3cc4ccccc4nc3C2=O)OCCO1. The van der Waals surface area contributed by atoms with E-state index in [2.05, 4.69) is 4.98 Å². The second-order valence-electron chi connectivity index (χ2n) is 5.92. The largest absolute Gasteiger partial charge is 0.348 e. The minimum absolute atomic E-state index is 0.229. The molecule has 3 heterocycles. The van der Waals surface area contributed by atoms with E-state index in [4.69, 9.17) is 9.47 Å². The van der Waals surface area contributed by atoms with Crippen molar-refractivity contribution >= 4 is 22.7 Å². The predicted molar refractivity (Wildman–Crippen MR) is 82.0 cm³/mol. The molecule has 6 nitrogen and oxygen atoms in total. The van der Waals surface area contributed by atoms with Gasteiger partial charge in [-0.05, 0) is 19.1 Å². The Labute approximate surface area is 133 Å². The topological polar surface area (TPSA) is 68.7 Å². The summed E-state index contributed by atoms with van der Waals surface area (Å²) in [7, 11) is 0. The summed E-state index contributed by atoms with van der Waals surface area (Å²) in [4.78, 5) is 30.7. The lowest BCUT2D eigenvalue weighted by molar-refractivity contribution is -0.147. The third-order valence-corrected chi connectivity index (χ3v) is 4.33. The molecule has 0 aliphatic carbocycles. The lowest BCUT2D eigenvalue weighted by atomic mass is 10.1. The molecule has 1 saturated heterocycles. The Hall–Kier alpha value is -2.31. The number of hydrogen-bond donors (Lipinski definition) is 0. The molecule has 0 bridgehead atoms. The number of carbonyl (C=O) groups is 2. The number of benzene rings is 1. The summed E-state index contributed by atoms with van der Waals surface area (Å²) >= 11 is 0. The van der Waals surface area contributed by atoms with Gasteiger partial charge in [-0.2, -0.15) is 0 Å². The Bertz CT molecular complexity index is 757. The molecule has 2 aliphatic heterocycles. The molecule has 4 rings (SSSR count). The number of para-hydroxylation sites is 1. The van der Waals surface area contributed by atoms with Crippen molar-refractivity contribution in [3.05, 3.63) is 41.6 Å². The van der Waals surface area contributed by atoms with E-state index in [1.54, 1.807) is 6.07 Å². The quantitative estimate of drug-likeness (QED) is 0.811. The van der Waals surface area contributed by atoms with Crippen molar-refractivity contribution in [2.45, 2.75) is 19.1 Å². The van der Waals surface area contributed by atoms with Gasteiger partial charge in [-0.15, -0.1) is 0 Å². The second-order valence-corrected chi connectivity index (χ2v) is 5.92. The summed E-state index contributed by atoms with van der Waals surface area (Å²) < 4.78 is 11.0. The standard InChI is InChI=1S/C17H16N2O4/c1-17(22-8-9-23-17)6-7-19-15(20)12-10-11-4-2-3-5-13(11)18-14(12)16(19)21/h2-5,10H,6-9H2,1H3. The average Bonchev–Trinajstić information content (AvgIpc) is 3.08. The van der Waals surface area contributed by atoms with Gasteiger partial charge < -0.3 is 9.47 Å². The number of imide groups is 1. The van der Waals surface area contributed by atoms with Crippen LogP contribution in [0, 0.1) is 0 Å². The van der Waals surface area contributed by atoms with E-state index in [0.717, 1.165) is 5.39 Å². The van der Waals surface area contributed by atoms with Gasteiger partial charge in [-0.1, -0.05) is 18.2 Å². The smallest absolute Gasteiger partial charge is 0.280 e. The molecule has 2 amide bonds. The molecule has 2 aliphatic rings. The summed E-state index contributed by atoms with van der Waals surface area (Å²) in [5.41, 5.74) is 1.31. The highest BCUT2D eigenvalue weighted by atomic mass is 16.7. The van der Waals surface area contributed by atoms with E-state index in [1.165, 1.54) is 4.90 Å². The molecule has 23 heavy (non-hydrogen) atoms. The van der Waals surface area contributed by atoms with Gasteiger partial charge in [0.2, 0.25) is 0 Å². The first-order valence-corrected chi connectivity index (χ1v) is 7.61. The fraction of sp³-hybridized carbons (Fsp3) is 0.353. The highest BCUT2D eigenvalue weighted by Gasteiger charge is 2.39. The van der Waals surface area contributed by atoms with Crippen LogP contribution in [0.4, 0.5) is 0 Å². The molecule has 2 aromatic rings.